The number of carbonyl (C=O) groups is 2. The zero-order valence-electron chi connectivity index (χ0n) is 13.1. The van der Waals surface area contributed by atoms with E-state index in [1.165, 1.54) is 12.1 Å². The van der Waals surface area contributed by atoms with Gasteiger partial charge in [0.05, 0.1) is 5.02 Å². The molecular formula is C16H18ClF2NO3. The number of amides is 2. The Morgan fingerprint density at radius 2 is 2.04 bits per heavy atom. The molecule has 0 spiro atoms. The van der Waals surface area contributed by atoms with Crippen LogP contribution >= 0.6 is 11.6 Å². The van der Waals surface area contributed by atoms with Crippen molar-refractivity contribution in [3.8, 4) is 0 Å². The summed E-state index contributed by atoms with van der Waals surface area (Å²) in [5.74, 6) is -2.45. The first-order valence-electron chi connectivity index (χ1n) is 7.23. The lowest BCUT2D eigenvalue weighted by molar-refractivity contribution is -0.139. The molecule has 1 saturated heterocycles. The smallest absolute Gasteiger partial charge is 0.417 e. The molecule has 1 aromatic rings. The average molecular weight is 346 g/mol. The van der Waals surface area contributed by atoms with E-state index in [1.807, 2.05) is 0 Å². The third-order valence-corrected chi connectivity index (χ3v) is 3.81. The number of halogens is 3. The van der Waals surface area contributed by atoms with Crippen LogP contribution < -0.4 is 0 Å². The number of likely N-dealkylation sites (tertiary alicyclic amines) is 1. The SMILES string of the molecule is CC(C)(C)OC(=O)N1CCC(c2ccc(Cl)c(F)c2)C(F)C1=O. The summed E-state index contributed by atoms with van der Waals surface area (Å²) in [4.78, 5) is 24.8. The summed E-state index contributed by atoms with van der Waals surface area (Å²) in [6.07, 6.45) is -2.62. The number of rotatable bonds is 1. The Hall–Kier alpha value is -1.69. The van der Waals surface area contributed by atoms with Crippen LogP contribution in [-0.2, 0) is 9.53 Å². The van der Waals surface area contributed by atoms with E-state index in [-0.39, 0.29) is 18.0 Å². The first-order valence-corrected chi connectivity index (χ1v) is 7.61. The first kappa shape index (κ1) is 17.7. The maximum atomic E-state index is 14.4. The number of hydrogen-bond donors (Lipinski definition) is 0. The molecular weight excluding hydrogens is 328 g/mol. The summed E-state index contributed by atoms with van der Waals surface area (Å²) < 4.78 is 33.1. The Morgan fingerprint density at radius 3 is 2.61 bits per heavy atom. The molecule has 1 aliphatic rings. The van der Waals surface area contributed by atoms with Gasteiger partial charge in [-0.25, -0.2) is 18.5 Å². The van der Waals surface area contributed by atoms with Gasteiger partial charge >= 0.3 is 6.09 Å². The number of imide groups is 1. The predicted molar refractivity (Wildman–Crippen MR) is 81.6 cm³/mol. The Labute approximate surface area is 138 Å². The van der Waals surface area contributed by atoms with E-state index < -0.39 is 35.5 Å². The molecule has 126 valence electrons. The molecule has 1 heterocycles. The highest BCUT2D eigenvalue weighted by Crippen LogP contribution is 2.33. The monoisotopic (exact) mass is 345 g/mol. The van der Waals surface area contributed by atoms with Crippen molar-refractivity contribution >= 4 is 23.6 Å². The van der Waals surface area contributed by atoms with Crippen LogP contribution in [0.25, 0.3) is 0 Å². The maximum absolute atomic E-state index is 14.4. The fourth-order valence-electron chi connectivity index (χ4n) is 2.42. The van der Waals surface area contributed by atoms with Crippen LogP contribution in [0.3, 0.4) is 0 Å². The van der Waals surface area contributed by atoms with Crippen LogP contribution in [0.15, 0.2) is 18.2 Å². The van der Waals surface area contributed by atoms with Gasteiger partial charge in [0, 0.05) is 12.5 Å². The molecule has 2 atom stereocenters. The second-order valence-electron chi connectivity index (χ2n) is 6.44. The van der Waals surface area contributed by atoms with Crippen LogP contribution in [0.5, 0.6) is 0 Å². The van der Waals surface area contributed by atoms with Crippen molar-refractivity contribution in [1.82, 2.24) is 4.90 Å². The molecule has 7 heteroatoms. The molecule has 1 aliphatic heterocycles. The standard InChI is InChI=1S/C16H18ClF2NO3/c1-16(2,3)23-15(22)20-7-6-10(13(19)14(20)21)9-4-5-11(17)12(18)8-9/h4-5,8,10,13H,6-7H2,1-3H3. The minimum atomic E-state index is -1.93. The summed E-state index contributed by atoms with van der Waals surface area (Å²) in [5.41, 5.74) is -0.434. The van der Waals surface area contributed by atoms with Crippen molar-refractivity contribution in [3.05, 3.63) is 34.6 Å². The Balaban J connectivity index is 2.15. The molecule has 2 rings (SSSR count). The molecule has 0 aromatic heterocycles. The molecule has 0 bridgehead atoms. The van der Waals surface area contributed by atoms with Gasteiger partial charge in [-0.1, -0.05) is 17.7 Å². The van der Waals surface area contributed by atoms with Crippen molar-refractivity contribution < 1.29 is 23.1 Å². The van der Waals surface area contributed by atoms with Gasteiger partial charge in [-0.15, -0.1) is 0 Å². The number of benzene rings is 1. The van der Waals surface area contributed by atoms with Crippen LogP contribution in [0.2, 0.25) is 5.02 Å². The van der Waals surface area contributed by atoms with Gasteiger partial charge in [-0.3, -0.25) is 4.79 Å². The molecule has 2 unspecified atom stereocenters. The van der Waals surface area contributed by atoms with Gasteiger partial charge in [0.15, 0.2) is 6.17 Å². The molecule has 0 radical (unpaired) electrons. The average Bonchev–Trinajstić information content (AvgIpc) is 2.43. The summed E-state index contributed by atoms with van der Waals surface area (Å²) in [5, 5.41) is -0.0679. The number of alkyl halides is 1. The third kappa shape index (κ3) is 3.99. The second kappa shape index (κ2) is 6.43. The lowest BCUT2D eigenvalue weighted by Gasteiger charge is -2.34. The van der Waals surface area contributed by atoms with Crippen LogP contribution in [0.4, 0.5) is 13.6 Å². The largest absolute Gasteiger partial charge is 0.443 e. The van der Waals surface area contributed by atoms with Gasteiger partial charge in [-0.05, 0) is 44.9 Å². The van der Waals surface area contributed by atoms with Gasteiger partial charge in [0.2, 0.25) is 0 Å². The van der Waals surface area contributed by atoms with Gasteiger partial charge in [0.25, 0.3) is 5.91 Å². The van der Waals surface area contributed by atoms with E-state index in [4.69, 9.17) is 16.3 Å². The minimum Gasteiger partial charge on any atom is -0.443 e. The van der Waals surface area contributed by atoms with Crippen molar-refractivity contribution in [3.63, 3.8) is 0 Å². The number of piperidine rings is 1. The van der Waals surface area contributed by atoms with E-state index in [0.29, 0.717) is 5.56 Å². The minimum absolute atomic E-state index is 0.0169. The maximum Gasteiger partial charge on any atom is 0.417 e. The molecule has 1 fully saturated rings. The number of carbonyl (C=O) groups excluding carboxylic acids is 2. The lowest BCUT2D eigenvalue weighted by Crippen LogP contribution is -2.50. The fourth-order valence-corrected chi connectivity index (χ4v) is 2.54. The fraction of sp³-hybridized carbons (Fsp3) is 0.500. The number of nitrogens with zero attached hydrogens (tertiary/aromatic N) is 1. The van der Waals surface area contributed by atoms with Crippen molar-refractivity contribution in [2.45, 2.75) is 44.9 Å². The van der Waals surface area contributed by atoms with Gasteiger partial charge < -0.3 is 4.74 Å². The molecule has 0 N–H and O–H groups in total. The van der Waals surface area contributed by atoms with E-state index in [0.717, 1.165) is 11.0 Å². The van der Waals surface area contributed by atoms with Crippen molar-refractivity contribution in [1.29, 1.82) is 0 Å². The molecule has 0 saturated carbocycles. The van der Waals surface area contributed by atoms with Crippen molar-refractivity contribution in [2.24, 2.45) is 0 Å². The summed E-state index contributed by atoms with van der Waals surface area (Å²) in [7, 11) is 0. The van der Waals surface area contributed by atoms with Crippen LogP contribution in [0, 0.1) is 5.82 Å². The Morgan fingerprint density at radius 1 is 1.39 bits per heavy atom. The molecule has 23 heavy (non-hydrogen) atoms. The van der Waals surface area contributed by atoms with E-state index in [2.05, 4.69) is 0 Å². The topological polar surface area (TPSA) is 46.6 Å². The highest BCUT2D eigenvalue weighted by molar-refractivity contribution is 6.30. The quantitative estimate of drug-likeness (QED) is 0.770. The van der Waals surface area contributed by atoms with E-state index in [9.17, 15) is 18.4 Å². The van der Waals surface area contributed by atoms with E-state index in [1.54, 1.807) is 20.8 Å². The van der Waals surface area contributed by atoms with Crippen LogP contribution in [-0.4, -0.2) is 35.2 Å². The highest BCUT2D eigenvalue weighted by atomic mass is 35.5. The predicted octanol–water partition coefficient (Wildman–Crippen LogP) is 4.07. The molecule has 0 aliphatic carbocycles. The van der Waals surface area contributed by atoms with Gasteiger partial charge in [-0.2, -0.15) is 0 Å². The second-order valence-corrected chi connectivity index (χ2v) is 6.85. The molecule has 1 aromatic carbocycles. The van der Waals surface area contributed by atoms with E-state index >= 15 is 0 Å². The zero-order valence-corrected chi connectivity index (χ0v) is 13.9. The molecule has 4 nitrogen and oxygen atoms in total. The Kier molecular flexibility index (Phi) is 4.94. The summed E-state index contributed by atoms with van der Waals surface area (Å²) >= 11 is 5.61. The first-order chi connectivity index (χ1) is 10.6. The number of ether oxygens (including phenoxy) is 1. The van der Waals surface area contributed by atoms with Crippen LogP contribution in [0.1, 0.15) is 38.7 Å². The normalized spacial score (nSPS) is 22.2. The number of hydrogen-bond acceptors (Lipinski definition) is 3. The summed E-state index contributed by atoms with van der Waals surface area (Å²) in [6, 6.07) is 3.93. The van der Waals surface area contributed by atoms with Gasteiger partial charge in [0.1, 0.15) is 11.4 Å². The zero-order chi connectivity index (χ0) is 17.4. The molecule has 2 amide bonds. The summed E-state index contributed by atoms with van der Waals surface area (Å²) in [6.45, 7) is 4.99. The highest BCUT2D eigenvalue weighted by Gasteiger charge is 2.41. The van der Waals surface area contributed by atoms with Crippen molar-refractivity contribution in [2.75, 3.05) is 6.54 Å². The third-order valence-electron chi connectivity index (χ3n) is 3.50. The Bertz CT molecular complexity index is 630. The lowest BCUT2D eigenvalue weighted by atomic mass is 9.87.